The summed E-state index contributed by atoms with van der Waals surface area (Å²) in [5, 5.41) is 0. The zero-order chi connectivity index (χ0) is 10.4. The molecule has 0 saturated heterocycles. The Balaban J connectivity index is 2.33. The number of esters is 1. The van der Waals surface area contributed by atoms with Crippen LogP contribution >= 0.6 is 0 Å². The molecule has 14 heavy (non-hydrogen) atoms. The van der Waals surface area contributed by atoms with Gasteiger partial charge in [0, 0.05) is 0 Å². The quantitative estimate of drug-likeness (QED) is 0.526. The first-order valence-corrected chi connectivity index (χ1v) is 4.42. The summed E-state index contributed by atoms with van der Waals surface area (Å²) in [7, 11) is 0. The van der Waals surface area contributed by atoms with Crippen molar-refractivity contribution in [1.82, 2.24) is 0 Å². The fourth-order valence-corrected chi connectivity index (χ4v) is 1.04. The van der Waals surface area contributed by atoms with Crippen LogP contribution in [0, 0.1) is 0 Å². The van der Waals surface area contributed by atoms with Crippen molar-refractivity contribution in [3.63, 3.8) is 0 Å². The second-order valence-electron chi connectivity index (χ2n) is 2.78. The molecule has 0 atom stereocenters. The molecule has 4 nitrogen and oxygen atoms in total. The zero-order valence-electron chi connectivity index (χ0n) is 7.99. The highest BCUT2D eigenvalue weighted by Crippen LogP contribution is 2.03. The number of hydrogen-bond acceptors (Lipinski definition) is 4. The maximum atomic E-state index is 11.2. The Morgan fingerprint density at radius 2 is 2.29 bits per heavy atom. The van der Waals surface area contributed by atoms with E-state index in [1.165, 1.54) is 6.26 Å². The van der Waals surface area contributed by atoms with Gasteiger partial charge in [0.1, 0.15) is 12.2 Å². The van der Waals surface area contributed by atoms with Gasteiger partial charge in [-0.25, -0.2) is 0 Å². The van der Waals surface area contributed by atoms with Gasteiger partial charge >= 0.3 is 5.97 Å². The minimum atomic E-state index is -0.482. The first-order chi connectivity index (χ1) is 6.72. The van der Waals surface area contributed by atoms with Gasteiger partial charge in [-0.2, -0.15) is 0 Å². The average Bonchev–Trinajstić information content (AvgIpc) is 2.56. The summed E-state index contributed by atoms with van der Waals surface area (Å²) < 4.78 is 9.61. The van der Waals surface area contributed by atoms with Crippen LogP contribution in [-0.4, -0.2) is 18.4 Å². The van der Waals surface area contributed by atoms with Gasteiger partial charge < -0.3 is 9.15 Å². The van der Waals surface area contributed by atoms with Crippen LogP contribution in [-0.2, 0) is 20.7 Å². The van der Waals surface area contributed by atoms with Crippen molar-refractivity contribution in [2.24, 2.45) is 0 Å². The second kappa shape index (κ2) is 5.21. The van der Waals surface area contributed by atoms with E-state index in [0.717, 1.165) is 0 Å². The molecule has 1 rings (SSSR count). The highest BCUT2D eigenvalue weighted by molar-refractivity contribution is 5.96. The van der Waals surface area contributed by atoms with Crippen molar-refractivity contribution in [2.75, 3.05) is 6.61 Å². The van der Waals surface area contributed by atoms with Crippen molar-refractivity contribution >= 4 is 11.8 Å². The van der Waals surface area contributed by atoms with E-state index in [0.29, 0.717) is 12.4 Å². The number of Topliss-reactive ketones (excluding diaryl/α,β-unsaturated/α-hetero) is 1. The summed E-state index contributed by atoms with van der Waals surface area (Å²) in [4.78, 5) is 22.1. The number of carbonyl (C=O) groups excluding carboxylic acids is 2. The Hall–Kier alpha value is -1.58. The van der Waals surface area contributed by atoms with Crippen LogP contribution in [0.15, 0.2) is 22.8 Å². The smallest absolute Gasteiger partial charge is 0.313 e. The fraction of sp³-hybridized carbons (Fsp3) is 0.400. The van der Waals surface area contributed by atoms with Crippen LogP contribution in [0.5, 0.6) is 0 Å². The van der Waals surface area contributed by atoms with Crippen LogP contribution in [0.3, 0.4) is 0 Å². The summed E-state index contributed by atoms with van der Waals surface area (Å²) in [5.41, 5.74) is 0. The normalized spacial score (nSPS) is 9.79. The second-order valence-corrected chi connectivity index (χ2v) is 2.78. The number of furan rings is 1. The van der Waals surface area contributed by atoms with Crippen LogP contribution in [0.2, 0.25) is 0 Å². The van der Waals surface area contributed by atoms with Gasteiger partial charge in [-0.3, -0.25) is 9.59 Å². The van der Waals surface area contributed by atoms with Crippen LogP contribution in [0.1, 0.15) is 19.1 Å². The summed E-state index contributed by atoms with van der Waals surface area (Å²) >= 11 is 0. The van der Waals surface area contributed by atoms with Crippen molar-refractivity contribution in [2.45, 2.75) is 19.8 Å². The Morgan fingerprint density at radius 3 is 2.86 bits per heavy atom. The van der Waals surface area contributed by atoms with E-state index in [9.17, 15) is 9.59 Å². The molecule has 0 saturated carbocycles. The Bertz CT molecular complexity index is 300. The van der Waals surface area contributed by atoms with Gasteiger partial charge in [-0.05, 0) is 19.1 Å². The molecule has 4 heteroatoms. The van der Waals surface area contributed by atoms with Crippen LogP contribution in [0.25, 0.3) is 0 Å². The molecule has 0 aromatic carbocycles. The van der Waals surface area contributed by atoms with Gasteiger partial charge in [0.25, 0.3) is 0 Å². The van der Waals surface area contributed by atoms with Gasteiger partial charge in [-0.1, -0.05) is 0 Å². The molecule has 0 aliphatic heterocycles. The Kier molecular flexibility index (Phi) is 3.91. The molecule has 0 aliphatic rings. The van der Waals surface area contributed by atoms with E-state index in [1.807, 2.05) is 0 Å². The van der Waals surface area contributed by atoms with Gasteiger partial charge in [-0.15, -0.1) is 0 Å². The predicted molar refractivity (Wildman–Crippen MR) is 48.7 cm³/mol. The van der Waals surface area contributed by atoms with Crippen molar-refractivity contribution in [3.05, 3.63) is 24.2 Å². The highest BCUT2D eigenvalue weighted by Gasteiger charge is 2.11. The molecule has 0 N–H and O–H groups in total. The minimum Gasteiger partial charge on any atom is -0.469 e. The number of hydrogen-bond donors (Lipinski definition) is 0. The molecule has 0 aliphatic carbocycles. The lowest BCUT2D eigenvalue weighted by molar-refractivity contribution is -0.145. The largest absolute Gasteiger partial charge is 0.469 e. The van der Waals surface area contributed by atoms with Gasteiger partial charge in [0.2, 0.25) is 0 Å². The maximum absolute atomic E-state index is 11.2. The third-order valence-electron chi connectivity index (χ3n) is 1.60. The molecule has 0 radical (unpaired) electrons. The third kappa shape index (κ3) is 3.43. The summed E-state index contributed by atoms with van der Waals surface area (Å²) in [6.45, 7) is 2.00. The first-order valence-electron chi connectivity index (χ1n) is 4.42. The molecule has 0 unspecified atom stereocenters. The SMILES string of the molecule is CCOC(=O)CC(=O)Cc1ccco1. The molecule has 1 aromatic heterocycles. The topological polar surface area (TPSA) is 56.5 Å². The highest BCUT2D eigenvalue weighted by atomic mass is 16.5. The standard InChI is InChI=1S/C10H12O4/c1-2-13-10(12)7-8(11)6-9-4-3-5-14-9/h3-5H,2,6-7H2,1H3. The van der Waals surface area contributed by atoms with E-state index in [2.05, 4.69) is 4.74 Å². The lowest BCUT2D eigenvalue weighted by atomic mass is 10.2. The number of rotatable bonds is 5. The molecule has 0 fully saturated rings. The lowest BCUT2D eigenvalue weighted by Crippen LogP contribution is -2.12. The molecular formula is C10H12O4. The molecule has 0 spiro atoms. The number of carbonyl (C=O) groups is 2. The fourth-order valence-electron chi connectivity index (χ4n) is 1.04. The van der Waals surface area contributed by atoms with E-state index in [-0.39, 0.29) is 18.6 Å². The van der Waals surface area contributed by atoms with Crippen LogP contribution < -0.4 is 0 Å². The average molecular weight is 196 g/mol. The molecule has 0 bridgehead atoms. The van der Waals surface area contributed by atoms with E-state index < -0.39 is 5.97 Å². The molecule has 1 heterocycles. The molecule has 1 aromatic rings. The van der Waals surface area contributed by atoms with Crippen LogP contribution in [0.4, 0.5) is 0 Å². The maximum Gasteiger partial charge on any atom is 0.313 e. The summed E-state index contributed by atoms with van der Waals surface area (Å²) in [6.07, 6.45) is 1.45. The Labute approximate surface area is 81.9 Å². The van der Waals surface area contributed by atoms with Crippen molar-refractivity contribution in [1.29, 1.82) is 0 Å². The lowest BCUT2D eigenvalue weighted by Gasteiger charge is -1.99. The van der Waals surface area contributed by atoms with E-state index in [1.54, 1.807) is 19.1 Å². The number of ketones is 1. The molecular weight excluding hydrogens is 184 g/mol. The van der Waals surface area contributed by atoms with E-state index >= 15 is 0 Å². The monoisotopic (exact) mass is 196 g/mol. The predicted octanol–water partition coefficient (Wildman–Crippen LogP) is 1.34. The van der Waals surface area contributed by atoms with Gasteiger partial charge in [0.15, 0.2) is 5.78 Å². The summed E-state index contributed by atoms with van der Waals surface area (Å²) in [6, 6.07) is 3.40. The zero-order valence-corrected chi connectivity index (χ0v) is 7.99. The summed E-state index contributed by atoms with van der Waals surface area (Å²) in [5.74, 6) is -0.109. The van der Waals surface area contributed by atoms with E-state index in [4.69, 9.17) is 4.42 Å². The molecule has 76 valence electrons. The Morgan fingerprint density at radius 1 is 1.50 bits per heavy atom. The van der Waals surface area contributed by atoms with Crippen molar-refractivity contribution < 1.29 is 18.7 Å². The molecule has 0 amide bonds. The van der Waals surface area contributed by atoms with Crippen molar-refractivity contribution in [3.8, 4) is 0 Å². The number of ether oxygens (including phenoxy) is 1. The van der Waals surface area contributed by atoms with Gasteiger partial charge in [0.05, 0.1) is 19.3 Å². The minimum absolute atomic E-state index is 0.145. The first kappa shape index (κ1) is 10.5. The third-order valence-corrected chi connectivity index (χ3v) is 1.60.